The molecule has 1 N–H and O–H groups in total. The number of benzene rings is 2. The highest BCUT2D eigenvalue weighted by Gasteiger charge is 2.34. The summed E-state index contributed by atoms with van der Waals surface area (Å²) in [5.41, 5.74) is 2.27. The Bertz CT molecular complexity index is 1370. The third-order valence-corrected chi connectivity index (χ3v) is 5.32. The smallest absolute Gasteiger partial charge is 0.439 e. The van der Waals surface area contributed by atoms with Crippen LogP contribution < -0.4 is 5.32 Å². The van der Waals surface area contributed by atoms with Gasteiger partial charge in [-0.3, -0.25) is 4.79 Å². The van der Waals surface area contributed by atoms with Crippen LogP contribution >= 0.6 is 0 Å². The van der Waals surface area contributed by atoms with Gasteiger partial charge in [0.2, 0.25) is 11.7 Å². The number of amides is 1. The highest BCUT2D eigenvalue weighted by Crippen LogP contribution is 2.34. The lowest BCUT2D eigenvalue weighted by atomic mass is 9.97. The fourth-order valence-electron chi connectivity index (χ4n) is 3.40. The second-order valence-electron chi connectivity index (χ2n) is 9.18. The minimum atomic E-state index is -4.65. The van der Waals surface area contributed by atoms with Crippen molar-refractivity contribution in [2.75, 3.05) is 0 Å². The van der Waals surface area contributed by atoms with Gasteiger partial charge in [0.25, 0.3) is 5.91 Å². The van der Waals surface area contributed by atoms with Crippen LogP contribution in [0.2, 0.25) is 0 Å². The Morgan fingerprint density at radius 1 is 1.03 bits per heavy atom. The summed E-state index contributed by atoms with van der Waals surface area (Å²) in [6, 6.07) is 8.28. The molecule has 182 valence electrons. The lowest BCUT2D eigenvalue weighted by molar-refractivity contribution is -0.145. The largest absolute Gasteiger partial charge is 0.451 e. The average molecular weight is 486 g/mol. The molecule has 0 radical (unpaired) electrons. The Labute approximate surface area is 198 Å². The fourth-order valence-corrected chi connectivity index (χ4v) is 3.40. The van der Waals surface area contributed by atoms with E-state index in [1.807, 2.05) is 20.8 Å². The molecule has 35 heavy (non-hydrogen) atoms. The molecule has 0 fully saturated rings. The van der Waals surface area contributed by atoms with E-state index >= 15 is 0 Å². The molecule has 0 aliphatic rings. The molecule has 2 heterocycles. The van der Waals surface area contributed by atoms with Gasteiger partial charge in [-0.05, 0) is 36.8 Å². The molecule has 10 heteroatoms. The van der Waals surface area contributed by atoms with Gasteiger partial charge in [0.1, 0.15) is 11.3 Å². The highest BCUT2D eigenvalue weighted by atomic mass is 19.4. The van der Waals surface area contributed by atoms with E-state index < -0.39 is 35.2 Å². The number of alkyl halides is 3. The van der Waals surface area contributed by atoms with Crippen LogP contribution in [-0.4, -0.2) is 20.9 Å². The van der Waals surface area contributed by atoms with Gasteiger partial charge in [0, 0.05) is 34.5 Å². The molecule has 0 aliphatic heterocycles. The third kappa shape index (κ3) is 5.16. The van der Waals surface area contributed by atoms with E-state index in [0.29, 0.717) is 33.7 Å². The van der Waals surface area contributed by atoms with Gasteiger partial charge in [0.05, 0.1) is 6.04 Å². The molecule has 2 aromatic heterocycles. The van der Waals surface area contributed by atoms with Crippen LogP contribution in [0.15, 0.2) is 53.2 Å². The first-order valence-corrected chi connectivity index (χ1v) is 10.7. The maximum Gasteiger partial charge on any atom is 0.451 e. The number of rotatable bonds is 4. The summed E-state index contributed by atoms with van der Waals surface area (Å²) in [6.07, 6.45) is -2.59. The molecule has 6 nitrogen and oxygen atoms in total. The molecule has 0 saturated carbocycles. The van der Waals surface area contributed by atoms with Crippen LogP contribution in [-0.2, 0) is 11.6 Å². The molecular weight excluding hydrogens is 464 g/mol. The van der Waals surface area contributed by atoms with Gasteiger partial charge in [-0.2, -0.15) is 13.2 Å². The second kappa shape index (κ2) is 8.75. The van der Waals surface area contributed by atoms with Crippen molar-refractivity contribution in [3.63, 3.8) is 0 Å². The Kier molecular flexibility index (Phi) is 6.08. The number of halogens is 4. The van der Waals surface area contributed by atoms with Gasteiger partial charge in [-0.15, -0.1) is 0 Å². The Morgan fingerprint density at radius 2 is 1.66 bits per heavy atom. The summed E-state index contributed by atoms with van der Waals surface area (Å²) in [5, 5.41) is 2.74. The summed E-state index contributed by atoms with van der Waals surface area (Å²) in [5.74, 6) is -1.67. The molecule has 2 aromatic carbocycles. The predicted molar refractivity (Wildman–Crippen MR) is 121 cm³/mol. The molecule has 1 amide bonds. The minimum absolute atomic E-state index is 0.255. The van der Waals surface area contributed by atoms with E-state index in [-0.39, 0.29) is 5.56 Å². The van der Waals surface area contributed by atoms with Crippen molar-refractivity contribution in [3.8, 4) is 11.1 Å². The van der Waals surface area contributed by atoms with E-state index in [1.54, 1.807) is 31.2 Å². The molecule has 0 aliphatic carbocycles. The SMILES string of the molecule is CC(NC(=O)c1cc(-c2ccc(F)cc2)c2oc(C(C)(C)C)nc2c1)c1cnc(C(F)(F)F)nc1. The average Bonchev–Trinajstić information content (AvgIpc) is 3.23. The van der Waals surface area contributed by atoms with Gasteiger partial charge in [-0.1, -0.05) is 32.9 Å². The first-order chi connectivity index (χ1) is 16.3. The quantitative estimate of drug-likeness (QED) is 0.346. The van der Waals surface area contributed by atoms with Crippen LogP contribution in [0.3, 0.4) is 0 Å². The van der Waals surface area contributed by atoms with Crippen LogP contribution in [0.4, 0.5) is 17.6 Å². The van der Waals surface area contributed by atoms with Gasteiger partial charge < -0.3 is 9.73 Å². The van der Waals surface area contributed by atoms with Crippen LogP contribution in [0.5, 0.6) is 0 Å². The highest BCUT2D eigenvalue weighted by molar-refractivity contribution is 6.02. The predicted octanol–water partition coefficient (Wildman–Crippen LogP) is 6.23. The summed E-state index contributed by atoms with van der Waals surface area (Å²) in [7, 11) is 0. The number of carbonyl (C=O) groups excluding carboxylic acids is 1. The van der Waals surface area contributed by atoms with Gasteiger partial charge in [0.15, 0.2) is 5.58 Å². The third-order valence-electron chi connectivity index (χ3n) is 5.32. The molecule has 4 rings (SSSR count). The van der Waals surface area contributed by atoms with E-state index in [9.17, 15) is 22.4 Å². The van der Waals surface area contributed by atoms with Crippen molar-refractivity contribution < 1.29 is 26.8 Å². The first kappa shape index (κ1) is 24.3. The monoisotopic (exact) mass is 486 g/mol. The first-order valence-electron chi connectivity index (χ1n) is 10.7. The van der Waals surface area contributed by atoms with E-state index in [2.05, 4.69) is 20.3 Å². The lowest BCUT2D eigenvalue weighted by Crippen LogP contribution is -2.27. The lowest BCUT2D eigenvalue weighted by Gasteiger charge is -2.15. The fraction of sp³-hybridized carbons (Fsp3) is 0.280. The van der Waals surface area contributed by atoms with Crippen LogP contribution in [0.1, 0.15) is 61.4 Å². The van der Waals surface area contributed by atoms with Crippen LogP contribution in [0, 0.1) is 5.82 Å². The zero-order valence-corrected chi connectivity index (χ0v) is 19.4. The standard InChI is InChI=1S/C25H22F4N4O2/c1-13(16-11-30-22(31-12-16)25(27,28)29)32-21(34)15-9-18(14-5-7-17(26)8-6-14)20-19(10-15)33-23(35-20)24(2,3)4/h5-13H,1-4H3,(H,32,34). The number of nitrogens with zero attached hydrogens (tertiary/aromatic N) is 3. The minimum Gasteiger partial charge on any atom is -0.439 e. The topological polar surface area (TPSA) is 80.9 Å². The maximum absolute atomic E-state index is 13.5. The van der Waals surface area contributed by atoms with E-state index in [0.717, 1.165) is 12.4 Å². The van der Waals surface area contributed by atoms with Crippen molar-refractivity contribution in [1.82, 2.24) is 20.3 Å². The van der Waals surface area contributed by atoms with E-state index in [4.69, 9.17) is 4.42 Å². The van der Waals surface area contributed by atoms with Crippen molar-refractivity contribution in [2.24, 2.45) is 0 Å². The zero-order chi connectivity index (χ0) is 25.5. The Balaban J connectivity index is 1.70. The summed E-state index contributed by atoms with van der Waals surface area (Å²) in [6.45, 7) is 7.43. The maximum atomic E-state index is 13.5. The second-order valence-corrected chi connectivity index (χ2v) is 9.18. The van der Waals surface area contributed by atoms with Crippen molar-refractivity contribution in [3.05, 3.63) is 77.5 Å². The Morgan fingerprint density at radius 3 is 2.23 bits per heavy atom. The summed E-state index contributed by atoms with van der Waals surface area (Å²) >= 11 is 0. The zero-order valence-electron chi connectivity index (χ0n) is 19.4. The van der Waals surface area contributed by atoms with Crippen molar-refractivity contribution >= 4 is 17.0 Å². The molecular formula is C25H22F4N4O2. The normalized spacial score (nSPS) is 13.1. The van der Waals surface area contributed by atoms with Crippen molar-refractivity contribution in [2.45, 2.75) is 45.3 Å². The molecule has 1 unspecified atom stereocenters. The molecule has 0 saturated heterocycles. The number of oxazole rings is 1. The van der Waals surface area contributed by atoms with Gasteiger partial charge >= 0.3 is 6.18 Å². The number of aromatic nitrogens is 3. The van der Waals surface area contributed by atoms with Crippen molar-refractivity contribution in [1.29, 1.82) is 0 Å². The number of fused-ring (bicyclic) bond motifs is 1. The number of carbonyl (C=O) groups is 1. The summed E-state index contributed by atoms with van der Waals surface area (Å²) < 4.78 is 57.7. The summed E-state index contributed by atoms with van der Waals surface area (Å²) in [4.78, 5) is 24.3. The molecule has 0 bridgehead atoms. The molecule has 0 spiro atoms. The molecule has 4 aromatic rings. The van der Waals surface area contributed by atoms with E-state index in [1.165, 1.54) is 12.1 Å². The van der Waals surface area contributed by atoms with Crippen LogP contribution in [0.25, 0.3) is 22.2 Å². The van der Waals surface area contributed by atoms with Gasteiger partial charge in [-0.25, -0.2) is 19.3 Å². The number of hydrogen-bond acceptors (Lipinski definition) is 5. The molecule has 1 atom stereocenters. The number of nitrogens with one attached hydrogen (secondary N) is 1. The number of hydrogen-bond donors (Lipinski definition) is 1. The Hall–Kier alpha value is -3.82.